The van der Waals surface area contributed by atoms with Crippen LogP contribution in [0.5, 0.6) is 0 Å². The highest BCUT2D eigenvalue weighted by Gasteiger charge is 2.11. The third-order valence-electron chi connectivity index (χ3n) is 2.16. The van der Waals surface area contributed by atoms with Gasteiger partial charge in [-0.05, 0) is 42.4 Å². The van der Waals surface area contributed by atoms with Gasteiger partial charge in [-0.2, -0.15) is 0 Å². The van der Waals surface area contributed by atoms with Crippen LogP contribution in [-0.4, -0.2) is 10.9 Å². The summed E-state index contributed by atoms with van der Waals surface area (Å²) in [5, 5.41) is -0.140. The van der Waals surface area contributed by atoms with E-state index in [2.05, 4.69) is 12.6 Å². The molecule has 1 nitrogen and oxygen atoms in total. The van der Waals surface area contributed by atoms with Crippen molar-refractivity contribution in [3.8, 4) is 0 Å². The van der Waals surface area contributed by atoms with Gasteiger partial charge >= 0.3 is 0 Å². The van der Waals surface area contributed by atoms with E-state index in [1.54, 1.807) is 0 Å². The van der Waals surface area contributed by atoms with Gasteiger partial charge in [0.25, 0.3) is 0 Å². The van der Waals surface area contributed by atoms with Crippen LogP contribution in [0.1, 0.15) is 22.3 Å². The van der Waals surface area contributed by atoms with Crippen LogP contribution < -0.4 is 0 Å². The van der Waals surface area contributed by atoms with Crippen LogP contribution in [0.2, 0.25) is 0 Å². The molecule has 0 saturated heterocycles. The average Bonchev–Trinajstić information content (AvgIpc) is 2.17. The van der Waals surface area contributed by atoms with E-state index >= 15 is 0 Å². The summed E-state index contributed by atoms with van der Waals surface area (Å²) in [6.45, 7) is 0. The fourth-order valence-corrected chi connectivity index (χ4v) is 2.65. The molecule has 3 heteroatoms. The number of benzene rings is 1. The molecule has 0 radical (unpaired) electrons. The van der Waals surface area contributed by atoms with E-state index in [0.29, 0.717) is 5.56 Å². The maximum atomic E-state index is 11.0. The third-order valence-corrected chi connectivity index (χ3v) is 3.62. The van der Waals surface area contributed by atoms with Crippen molar-refractivity contribution < 1.29 is 4.79 Å². The summed E-state index contributed by atoms with van der Waals surface area (Å²) in [6, 6.07) is 5.85. The van der Waals surface area contributed by atoms with Gasteiger partial charge in [-0.1, -0.05) is 0 Å². The second kappa shape index (κ2) is 3.76. The summed E-state index contributed by atoms with van der Waals surface area (Å²) in [6.07, 6.45) is 2.30. The van der Waals surface area contributed by atoms with Crippen molar-refractivity contribution >= 4 is 29.5 Å². The highest BCUT2D eigenvalue weighted by Crippen LogP contribution is 2.30. The molecule has 1 aliphatic rings. The number of thioether (sulfide) groups is 1. The minimum atomic E-state index is -0.140. The van der Waals surface area contributed by atoms with Crippen molar-refractivity contribution in [3.63, 3.8) is 0 Å². The first-order chi connectivity index (χ1) is 6.27. The molecule has 0 spiro atoms. The normalized spacial score (nSPS) is 15.2. The minimum Gasteiger partial charge on any atom is -0.282 e. The lowest BCUT2D eigenvalue weighted by molar-refractivity contribution is 0.109. The van der Waals surface area contributed by atoms with Gasteiger partial charge in [0.15, 0.2) is 0 Å². The second-order valence-electron chi connectivity index (χ2n) is 3.08. The molecule has 0 bridgehead atoms. The second-order valence-corrected chi connectivity index (χ2v) is 4.62. The Bertz CT molecular complexity index is 347. The van der Waals surface area contributed by atoms with Crippen LogP contribution in [0.15, 0.2) is 23.1 Å². The zero-order chi connectivity index (χ0) is 9.26. The highest BCUT2D eigenvalue weighted by atomic mass is 32.2. The van der Waals surface area contributed by atoms with E-state index in [-0.39, 0.29) is 5.12 Å². The van der Waals surface area contributed by atoms with Gasteiger partial charge in [0.1, 0.15) is 0 Å². The number of aryl methyl sites for hydroxylation is 1. The van der Waals surface area contributed by atoms with E-state index in [0.717, 1.165) is 6.42 Å². The Morgan fingerprint density at radius 2 is 2.31 bits per heavy atom. The molecule has 0 N–H and O–H groups in total. The number of carbonyl (C=O) groups excluding carboxylic acids is 1. The van der Waals surface area contributed by atoms with Gasteiger partial charge in [0.05, 0.1) is 0 Å². The Morgan fingerprint density at radius 3 is 3.08 bits per heavy atom. The number of thiol groups is 1. The van der Waals surface area contributed by atoms with Gasteiger partial charge in [-0.3, -0.25) is 4.79 Å². The molecular weight excluding hydrogens is 200 g/mol. The number of hydrogen-bond donors (Lipinski definition) is 1. The minimum absolute atomic E-state index is 0.140. The molecule has 0 saturated carbocycles. The molecule has 68 valence electrons. The highest BCUT2D eigenvalue weighted by molar-refractivity contribution is 7.99. The lowest BCUT2D eigenvalue weighted by Crippen LogP contribution is -2.00. The summed E-state index contributed by atoms with van der Waals surface area (Å²) >= 11 is 5.68. The van der Waals surface area contributed by atoms with E-state index in [1.807, 2.05) is 30.0 Å². The molecule has 0 amide bonds. The summed E-state index contributed by atoms with van der Waals surface area (Å²) in [5.41, 5.74) is 2.01. The first kappa shape index (κ1) is 9.16. The quantitative estimate of drug-likeness (QED) is 0.718. The fraction of sp³-hybridized carbons (Fsp3) is 0.300. The van der Waals surface area contributed by atoms with Crippen LogP contribution in [0.25, 0.3) is 0 Å². The standard InChI is InChI=1S/C10H10OS2/c11-10(12)8-3-4-9-7(6-8)2-1-5-13-9/h3-4,6H,1-2,5H2,(H,11,12). The fourth-order valence-electron chi connectivity index (χ4n) is 1.49. The third kappa shape index (κ3) is 1.92. The van der Waals surface area contributed by atoms with Gasteiger partial charge < -0.3 is 0 Å². The number of carbonyl (C=O) groups is 1. The van der Waals surface area contributed by atoms with Crippen molar-refractivity contribution in [2.75, 3.05) is 5.75 Å². The Kier molecular flexibility index (Phi) is 2.65. The Balaban J connectivity index is 2.40. The summed E-state index contributed by atoms with van der Waals surface area (Å²) < 4.78 is 0. The van der Waals surface area contributed by atoms with Crippen LogP contribution >= 0.6 is 24.4 Å². The maximum absolute atomic E-state index is 11.0. The SMILES string of the molecule is O=C(S)c1ccc2c(c1)CCCS2. The van der Waals surface area contributed by atoms with Crippen LogP contribution in [-0.2, 0) is 6.42 Å². The molecule has 0 aliphatic carbocycles. The number of fused-ring (bicyclic) bond motifs is 1. The Hall–Kier alpha value is -0.410. The number of rotatable bonds is 1. The van der Waals surface area contributed by atoms with E-state index in [1.165, 1.54) is 22.6 Å². The lowest BCUT2D eigenvalue weighted by Gasteiger charge is -2.14. The van der Waals surface area contributed by atoms with E-state index < -0.39 is 0 Å². The molecule has 1 aliphatic heterocycles. The topological polar surface area (TPSA) is 17.1 Å². The Morgan fingerprint density at radius 1 is 1.46 bits per heavy atom. The number of hydrogen-bond acceptors (Lipinski definition) is 2. The molecule has 2 rings (SSSR count). The predicted molar refractivity (Wildman–Crippen MR) is 58.8 cm³/mol. The largest absolute Gasteiger partial charge is 0.282 e. The molecule has 0 fully saturated rings. The van der Waals surface area contributed by atoms with Gasteiger partial charge in [0, 0.05) is 10.5 Å². The van der Waals surface area contributed by atoms with Gasteiger partial charge in [0.2, 0.25) is 5.12 Å². The summed E-state index contributed by atoms with van der Waals surface area (Å²) in [4.78, 5) is 12.3. The predicted octanol–water partition coefficient (Wildman–Crippen LogP) is 2.79. The van der Waals surface area contributed by atoms with Crippen LogP contribution in [0.4, 0.5) is 0 Å². The molecule has 1 heterocycles. The molecule has 0 aromatic heterocycles. The molecule has 13 heavy (non-hydrogen) atoms. The van der Waals surface area contributed by atoms with Crippen LogP contribution in [0, 0.1) is 0 Å². The molecular formula is C10H10OS2. The van der Waals surface area contributed by atoms with Crippen molar-refractivity contribution in [2.24, 2.45) is 0 Å². The Labute approximate surface area is 87.3 Å². The smallest absolute Gasteiger partial charge is 0.216 e. The monoisotopic (exact) mass is 210 g/mol. The maximum Gasteiger partial charge on any atom is 0.216 e. The summed E-state index contributed by atoms with van der Waals surface area (Å²) in [7, 11) is 0. The molecule has 0 atom stereocenters. The van der Waals surface area contributed by atoms with Gasteiger partial charge in [-0.15, -0.1) is 24.4 Å². The van der Waals surface area contributed by atoms with E-state index in [9.17, 15) is 4.79 Å². The van der Waals surface area contributed by atoms with Gasteiger partial charge in [-0.25, -0.2) is 0 Å². The lowest BCUT2D eigenvalue weighted by atomic mass is 10.1. The zero-order valence-corrected chi connectivity index (χ0v) is 8.83. The molecule has 1 aromatic rings. The first-order valence-electron chi connectivity index (χ1n) is 4.26. The molecule has 1 aromatic carbocycles. The zero-order valence-electron chi connectivity index (χ0n) is 7.12. The van der Waals surface area contributed by atoms with Crippen molar-refractivity contribution in [2.45, 2.75) is 17.7 Å². The average molecular weight is 210 g/mol. The van der Waals surface area contributed by atoms with Crippen LogP contribution in [0.3, 0.4) is 0 Å². The molecule has 0 unspecified atom stereocenters. The van der Waals surface area contributed by atoms with E-state index in [4.69, 9.17) is 0 Å². The van der Waals surface area contributed by atoms with Crippen molar-refractivity contribution in [1.82, 2.24) is 0 Å². The first-order valence-corrected chi connectivity index (χ1v) is 5.69. The van der Waals surface area contributed by atoms with Crippen molar-refractivity contribution in [3.05, 3.63) is 29.3 Å². The van der Waals surface area contributed by atoms with Crippen molar-refractivity contribution in [1.29, 1.82) is 0 Å². The summed E-state index contributed by atoms with van der Waals surface area (Å²) in [5.74, 6) is 1.20.